The van der Waals surface area contributed by atoms with Crippen molar-refractivity contribution in [1.29, 1.82) is 0 Å². The van der Waals surface area contributed by atoms with Crippen molar-refractivity contribution >= 4 is 22.8 Å². The fraction of sp³-hybridized carbons (Fsp3) is 0.304. The number of halogens is 1. The summed E-state index contributed by atoms with van der Waals surface area (Å²) >= 11 is 0. The van der Waals surface area contributed by atoms with Gasteiger partial charge in [0.2, 0.25) is 0 Å². The molecule has 2 aliphatic rings. The summed E-state index contributed by atoms with van der Waals surface area (Å²) in [6.45, 7) is 0.727. The second kappa shape index (κ2) is 6.72. The van der Waals surface area contributed by atoms with Crippen molar-refractivity contribution in [2.45, 2.75) is 31.9 Å². The molecule has 148 valence electrons. The second-order valence-corrected chi connectivity index (χ2v) is 8.14. The predicted octanol–water partition coefficient (Wildman–Crippen LogP) is 4.68. The zero-order valence-corrected chi connectivity index (χ0v) is 15.9. The van der Waals surface area contributed by atoms with Crippen molar-refractivity contribution in [3.63, 3.8) is 0 Å². The zero-order chi connectivity index (χ0) is 20.0. The Morgan fingerprint density at radius 1 is 1.17 bits per heavy atom. The number of amides is 1. The van der Waals surface area contributed by atoms with Crippen LogP contribution in [0.2, 0.25) is 0 Å². The van der Waals surface area contributed by atoms with Gasteiger partial charge in [0.05, 0.1) is 6.04 Å². The lowest BCUT2D eigenvalue weighted by molar-refractivity contribution is 0.0737. The number of benzene rings is 2. The number of fused-ring (bicyclic) bond motifs is 1. The molecule has 5 rings (SSSR count). The number of nitrogens with zero attached hydrogens (tertiary/aromatic N) is 1. The van der Waals surface area contributed by atoms with Crippen LogP contribution in [0.4, 0.5) is 9.18 Å². The van der Waals surface area contributed by atoms with Crippen molar-refractivity contribution < 1.29 is 18.7 Å². The molecule has 1 spiro atoms. The Labute approximate surface area is 167 Å². The van der Waals surface area contributed by atoms with Crippen LogP contribution in [-0.2, 0) is 11.3 Å². The Morgan fingerprint density at radius 3 is 2.72 bits per heavy atom. The molecule has 2 aromatic carbocycles. The number of nitrogens with one attached hydrogen (secondary N) is 1. The first-order valence-corrected chi connectivity index (χ1v) is 9.83. The highest BCUT2D eigenvalue weighted by molar-refractivity contribution is 6.11. The van der Waals surface area contributed by atoms with Crippen molar-refractivity contribution in [2.24, 2.45) is 5.41 Å². The third kappa shape index (κ3) is 3.28. The first-order chi connectivity index (χ1) is 14.0. The van der Waals surface area contributed by atoms with Crippen molar-refractivity contribution in [3.05, 3.63) is 71.7 Å². The summed E-state index contributed by atoms with van der Waals surface area (Å²) in [7, 11) is 0. The summed E-state index contributed by atoms with van der Waals surface area (Å²) in [4.78, 5) is 30.7. The highest BCUT2D eigenvalue weighted by atomic mass is 19.1. The lowest BCUT2D eigenvalue weighted by Gasteiger charge is -2.23. The maximum Gasteiger partial charge on any atom is 0.410 e. The normalized spacial score (nSPS) is 19.6. The maximum absolute atomic E-state index is 13.5. The molecule has 0 radical (unpaired) electrons. The van der Waals surface area contributed by atoms with E-state index < -0.39 is 12.1 Å². The van der Waals surface area contributed by atoms with E-state index in [1.165, 1.54) is 12.1 Å². The minimum absolute atomic E-state index is 0.0459. The molecule has 6 heteroatoms. The molecule has 1 aromatic heterocycles. The van der Waals surface area contributed by atoms with Gasteiger partial charge >= 0.3 is 6.09 Å². The van der Waals surface area contributed by atoms with Gasteiger partial charge in [-0.25, -0.2) is 9.18 Å². The lowest BCUT2D eigenvalue weighted by Crippen LogP contribution is -2.40. The average molecular weight is 392 g/mol. The maximum atomic E-state index is 13.5. The van der Waals surface area contributed by atoms with Crippen LogP contribution in [0.5, 0.6) is 0 Å². The first kappa shape index (κ1) is 17.9. The Morgan fingerprint density at radius 2 is 1.97 bits per heavy atom. The van der Waals surface area contributed by atoms with Gasteiger partial charge in [-0.15, -0.1) is 0 Å². The van der Waals surface area contributed by atoms with Crippen LogP contribution in [0.15, 0.2) is 54.7 Å². The van der Waals surface area contributed by atoms with E-state index in [0.29, 0.717) is 29.4 Å². The number of Topliss-reactive ketones (excluding diaryl/α,β-unsaturated/α-hetero) is 1. The van der Waals surface area contributed by atoms with E-state index in [1.54, 1.807) is 17.2 Å². The van der Waals surface area contributed by atoms with Gasteiger partial charge in [0, 0.05) is 29.2 Å². The molecule has 0 bridgehead atoms. The summed E-state index contributed by atoms with van der Waals surface area (Å²) in [5.74, 6) is -0.481. The number of rotatable bonds is 4. The molecule has 0 unspecified atom stereocenters. The van der Waals surface area contributed by atoms with Crippen LogP contribution in [0.1, 0.15) is 35.2 Å². The third-order valence-corrected chi connectivity index (χ3v) is 6.12. The van der Waals surface area contributed by atoms with Crippen LogP contribution in [-0.4, -0.2) is 34.3 Å². The molecule has 1 saturated carbocycles. The van der Waals surface area contributed by atoms with E-state index in [1.807, 2.05) is 30.3 Å². The van der Waals surface area contributed by atoms with Gasteiger partial charge in [0.1, 0.15) is 12.4 Å². The van der Waals surface area contributed by atoms with Crippen molar-refractivity contribution in [3.8, 4) is 0 Å². The molecule has 29 heavy (non-hydrogen) atoms. The molecule has 1 aliphatic carbocycles. The zero-order valence-electron chi connectivity index (χ0n) is 15.9. The van der Waals surface area contributed by atoms with Gasteiger partial charge < -0.3 is 9.72 Å². The number of hydrogen-bond acceptors (Lipinski definition) is 3. The molecule has 3 aromatic rings. The van der Waals surface area contributed by atoms with Crippen LogP contribution >= 0.6 is 0 Å². The van der Waals surface area contributed by atoms with E-state index in [0.717, 1.165) is 18.4 Å². The third-order valence-electron chi connectivity index (χ3n) is 6.12. The predicted molar refractivity (Wildman–Crippen MR) is 106 cm³/mol. The van der Waals surface area contributed by atoms with E-state index in [-0.39, 0.29) is 23.6 Å². The minimum atomic E-state index is -0.551. The van der Waals surface area contributed by atoms with Gasteiger partial charge in [-0.1, -0.05) is 30.3 Å². The minimum Gasteiger partial charge on any atom is -0.445 e. The molecule has 1 N–H and O–H groups in total. The fourth-order valence-corrected chi connectivity index (χ4v) is 4.31. The molecule has 1 amide bonds. The number of hydrogen-bond donors (Lipinski definition) is 1. The molecular weight excluding hydrogens is 371 g/mol. The molecule has 1 saturated heterocycles. The number of carbonyl (C=O) groups excluding carboxylic acids is 2. The van der Waals surface area contributed by atoms with Gasteiger partial charge in [-0.2, -0.15) is 0 Å². The van der Waals surface area contributed by atoms with Crippen LogP contribution < -0.4 is 0 Å². The van der Waals surface area contributed by atoms with Gasteiger partial charge in [0.15, 0.2) is 5.78 Å². The summed E-state index contributed by atoms with van der Waals surface area (Å²) < 4.78 is 19.0. The largest absolute Gasteiger partial charge is 0.445 e. The highest BCUT2D eigenvalue weighted by Crippen LogP contribution is 2.55. The van der Waals surface area contributed by atoms with Crippen LogP contribution in [0, 0.1) is 11.2 Å². The SMILES string of the molecule is O=C(c1c[nH]c2cc(F)ccc12)[C@@H]1CC2(CC2)CN1C(=O)OCc1ccccc1. The van der Waals surface area contributed by atoms with E-state index in [2.05, 4.69) is 4.98 Å². The lowest BCUT2D eigenvalue weighted by atomic mass is 9.97. The van der Waals surface area contributed by atoms with E-state index in [9.17, 15) is 14.0 Å². The molecule has 1 atom stereocenters. The number of ether oxygens (including phenoxy) is 1. The van der Waals surface area contributed by atoms with Crippen molar-refractivity contribution in [1.82, 2.24) is 9.88 Å². The standard InChI is InChI=1S/C23H21FN2O3/c24-16-6-7-17-18(12-25-19(17)10-16)21(27)20-11-23(8-9-23)14-26(20)22(28)29-13-15-4-2-1-3-5-15/h1-7,10,12,20,25H,8-9,11,13-14H2/t20-/m0/s1. The molecule has 2 fully saturated rings. The Kier molecular flexibility index (Phi) is 4.15. The topological polar surface area (TPSA) is 62.4 Å². The van der Waals surface area contributed by atoms with Crippen molar-refractivity contribution in [2.75, 3.05) is 6.54 Å². The number of carbonyl (C=O) groups is 2. The van der Waals surface area contributed by atoms with Crippen LogP contribution in [0.25, 0.3) is 10.9 Å². The molecular formula is C23H21FN2O3. The summed E-state index contributed by atoms with van der Waals surface area (Å²) in [6.07, 6.45) is 3.86. The molecule has 1 aliphatic heterocycles. The quantitative estimate of drug-likeness (QED) is 0.656. The number of aromatic amines is 1. The number of H-pyrrole nitrogens is 1. The number of ketones is 1. The fourth-order valence-electron chi connectivity index (χ4n) is 4.31. The first-order valence-electron chi connectivity index (χ1n) is 9.83. The van der Waals surface area contributed by atoms with Gasteiger partial charge in [-0.3, -0.25) is 9.69 Å². The Bertz CT molecular complexity index is 1090. The van der Waals surface area contributed by atoms with Crippen LogP contribution in [0.3, 0.4) is 0 Å². The number of likely N-dealkylation sites (tertiary alicyclic amines) is 1. The second-order valence-electron chi connectivity index (χ2n) is 8.14. The average Bonchev–Trinajstić information content (AvgIpc) is 3.19. The molecule has 2 heterocycles. The van der Waals surface area contributed by atoms with Gasteiger partial charge in [-0.05, 0) is 48.4 Å². The Balaban J connectivity index is 1.38. The summed E-state index contributed by atoms with van der Waals surface area (Å²) in [5.41, 5.74) is 2.02. The molecule has 5 nitrogen and oxygen atoms in total. The van der Waals surface area contributed by atoms with Gasteiger partial charge in [0.25, 0.3) is 0 Å². The monoisotopic (exact) mass is 392 g/mol. The van der Waals surface area contributed by atoms with E-state index in [4.69, 9.17) is 4.74 Å². The number of aromatic nitrogens is 1. The smallest absolute Gasteiger partial charge is 0.410 e. The summed E-state index contributed by atoms with van der Waals surface area (Å²) in [5, 5.41) is 0.672. The Hall–Kier alpha value is -3.15. The highest BCUT2D eigenvalue weighted by Gasteiger charge is 2.55. The summed E-state index contributed by atoms with van der Waals surface area (Å²) in [6, 6.07) is 13.3. The van der Waals surface area contributed by atoms with E-state index >= 15 is 0 Å².